The van der Waals surface area contributed by atoms with Crippen LogP contribution in [0.4, 0.5) is 26.3 Å². The fourth-order valence-electron chi connectivity index (χ4n) is 2.69. The van der Waals surface area contributed by atoms with Gasteiger partial charge in [-0.2, -0.15) is 26.3 Å². The molecule has 0 unspecified atom stereocenters. The van der Waals surface area contributed by atoms with Gasteiger partial charge >= 0.3 is 24.2 Å². The zero-order valence-corrected chi connectivity index (χ0v) is 13.9. The molecule has 146 valence electrons. The van der Waals surface area contributed by atoms with E-state index in [9.17, 15) is 35.9 Å². The topological polar surface area (TPSA) is 61.4 Å². The molecule has 1 heterocycles. The molecule has 0 atom stereocenters. The van der Waals surface area contributed by atoms with Gasteiger partial charge in [0.2, 0.25) is 0 Å². The molecule has 2 N–H and O–H groups in total. The minimum atomic E-state index is -5.16. The lowest BCUT2D eigenvalue weighted by atomic mass is 9.86. The zero-order valence-electron chi connectivity index (χ0n) is 13.9. The first-order valence-electron chi connectivity index (χ1n) is 7.72. The van der Waals surface area contributed by atoms with Crippen molar-refractivity contribution in [1.29, 1.82) is 0 Å². The number of amides is 2. The Bertz CT molecular complexity index is 482. The van der Waals surface area contributed by atoms with Crippen molar-refractivity contribution in [3.63, 3.8) is 0 Å². The molecule has 0 aromatic rings. The van der Waals surface area contributed by atoms with E-state index in [1.807, 2.05) is 18.7 Å². The molecule has 0 saturated carbocycles. The minimum absolute atomic E-state index is 0.000320. The van der Waals surface area contributed by atoms with Gasteiger partial charge in [-0.1, -0.05) is 13.8 Å². The Labute approximate surface area is 141 Å². The van der Waals surface area contributed by atoms with E-state index in [1.54, 1.807) is 10.6 Å². The van der Waals surface area contributed by atoms with Crippen LogP contribution in [0.25, 0.3) is 0 Å². The third-order valence-corrected chi connectivity index (χ3v) is 3.92. The molecule has 1 saturated heterocycles. The summed E-state index contributed by atoms with van der Waals surface area (Å²) in [5.74, 6) is -4.17. The number of halogens is 6. The molecule has 1 aliphatic heterocycles. The summed E-state index contributed by atoms with van der Waals surface area (Å²) < 4.78 is 74.5. The third kappa shape index (κ3) is 6.71. The summed E-state index contributed by atoms with van der Waals surface area (Å²) in [6, 6.07) is 0. The standard InChI is InChI=1S/C14H21F6N3O2/c1-9(2)7-23-5-3-12(4-6-23,22-11(25)14(18,19)20)8-21-10(24)13(15,16)17/h9H,3-8H2,1-2H3,(H,21,24)(H,22,25). The van der Waals surface area contributed by atoms with Crippen LogP contribution in [-0.2, 0) is 9.59 Å². The molecule has 0 spiro atoms. The second-order valence-electron chi connectivity index (χ2n) is 6.61. The first-order valence-corrected chi connectivity index (χ1v) is 7.72. The highest BCUT2D eigenvalue weighted by Gasteiger charge is 2.46. The number of alkyl halides is 6. The van der Waals surface area contributed by atoms with Gasteiger partial charge in [-0.3, -0.25) is 9.59 Å². The third-order valence-electron chi connectivity index (χ3n) is 3.92. The largest absolute Gasteiger partial charge is 0.471 e. The Balaban J connectivity index is 2.82. The van der Waals surface area contributed by atoms with Crippen LogP contribution in [0.1, 0.15) is 26.7 Å². The molecule has 0 aromatic heterocycles. The summed E-state index contributed by atoms with van der Waals surface area (Å²) in [6.45, 7) is 4.48. The number of hydrogen-bond acceptors (Lipinski definition) is 3. The summed E-state index contributed by atoms with van der Waals surface area (Å²) in [6.07, 6.45) is -10.3. The van der Waals surface area contributed by atoms with Crippen LogP contribution in [-0.4, -0.2) is 60.8 Å². The number of rotatable bonds is 5. The summed E-state index contributed by atoms with van der Waals surface area (Å²) in [5, 5.41) is 3.36. The number of hydrogen-bond donors (Lipinski definition) is 2. The van der Waals surface area contributed by atoms with Crippen molar-refractivity contribution in [1.82, 2.24) is 15.5 Å². The highest BCUT2D eigenvalue weighted by atomic mass is 19.4. The van der Waals surface area contributed by atoms with E-state index in [4.69, 9.17) is 0 Å². The maximum atomic E-state index is 12.5. The van der Waals surface area contributed by atoms with Crippen LogP contribution >= 0.6 is 0 Å². The van der Waals surface area contributed by atoms with Crippen LogP contribution in [0.2, 0.25) is 0 Å². The van der Waals surface area contributed by atoms with Crippen molar-refractivity contribution < 1.29 is 35.9 Å². The van der Waals surface area contributed by atoms with E-state index < -0.39 is 36.3 Å². The maximum absolute atomic E-state index is 12.5. The van der Waals surface area contributed by atoms with Crippen LogP contribution in [0, 0.1) is 5.92 Å². The molecule has 0 aromatic carbocycles. The molecule has 1 aliphatic rings. The van der Waals surface area contributed by atoms with Crippen molar-refractivity contribution in [2.45, 2.75) is 44.6 Å². The van der Waals surface area contributed by atoms with Gasteiger partial charge in [-0.05, 0) is 18.8 Å². The molecule has 1 fully saturated rings. The Morgan fingerprint density at radius 3 is 1.88 bits per heavy atom. The van der Waals surface area contributed by atoms with Crippen molar-refractivity contribution in [2.75, 3.05) is 26.2 Å². The molecular formula is C14H21F6N3O2. The predicted molar refractivity (Wildman–Crippen MR) is 76.5 cm³/mol. The van der Waals surface area contributed by atoms with E-state index in [0.29, 0.717) is 25.6 Å². The number of carbonyl (C=O) groups excluding carboxylic acids is 2. The molecule has 11 heteroatoms. The van der Waals surface area contributed by atoms with Gasteiger partial charge in [0.1, 0.15) is 0 Å². The van der Waals surface area contributed by atoms with Crippen molar-refractivity contribution in [2.24, 2.45) is 5.92 Å². The lowest BCUT2D eigenvalue weighted by Crippen LogP contribution is -2.63. The highest BCUT2D eigenvalue weighted by Crippen LogP contribution is 2.26. The van der Waals surface area contributed by atoms with Gasteiger partial charge in [0, 0.05) is 26.2 Å². The van der Waals surface area contributed by atoms with Gasteiger partial charge < -0.3 is 15.5 Å². The number of nitrogens with one attached hydrogen (secondary N) is 2. The average Bonchev–Trinajstić information content (AvgIpc) is 2.44. The van der Waals surface area contributed by atoms with E-state index in [-0.39, 0.29) is 12.8 Å². The number of likely N-dealkylation sites (tertiary alicyclic amines) is 1. The first kappa shape index (κ1) is 21.5. The minimum Gasteiger partial charge on any atom is -0.346 e. The van der Waals surface area contributed by atoms with Gasteiger partial charge in [-0.25, -0.2) is 0 Å². The maximum Gasteiger partial charge on any atom is 0.471 e. The fraction of sp³-hybridized carbons (Fsp3) is 0.857. The smallest absolute Gasteiger partial charge is 0.346 e. The Hall–Kier alpha value is -1.52. The first-order chi connectivity index (χ1) is 11.3. The Kier molecular flexibility index (Phi) is 6.71. The summed E-state index contributed by atoms with van der Waals surface area (Å²) in [7, 11) is 0. The average molecular weight is 377 g/mol. The lowest BCUT2D eigenvalue weighted by molar-refractivity contribution is -0.177. The van der Waals surface area contributed by atoms with E-state index in [1.165, 1.54) is 0 Å². The molecule has 25 heavy (non-hydrogen) atoms. The van der Waals surface area contributed by atoms with Crippen molar-refractivity contribution >= 4 is 11.8 Å². The van der Waals surface area contributed by atoms with Gasteiger partial charge in [0.25, 0.3) is 0 Å². The number of piperidine rings is 1. The Morgan fingerprint density at radius 1 is 1.00 bits per heavy atom. The van der Waals surface area contributed by atoms with Crippen LogP contribution in [0.15, 0.2) is 0 Å². The molecule has 1 rings (SSSR count). The van der Waals surface area contributed by atoms with Gasteiger partial charge in [0.15, 0.2) is 0 Å². The van der Waals surface area contributed by atoms with E-state index in [2.05, 4.69) is 0 Å². The zero-order chi connectivity index (χ0) is 19.5. The molecular weight excluding hydrogens is 356 g/mol. The number of nitrogens with zero attached hydrogens (tertiary/aromatic N) is 1. The highest BCUT2D eigenvalue weighted by molar-refractivity contribution is 5.83. The van der Waals surface area contributed by atoms with Gasteiger partial charge in [0.05, 0.1) is 5.54 Å². The SMILES string of the molecule is CC(C)CN1CCC(CNC(=O)C(F)(F)F)(NC(=O)C(F)(F)F)CC1. The van der Waals surface area contributed by atoms with Crippen molar-refractivity contribution in [3.8, 4) is 0 Å². The quantitative estimate of drug-likeness (QED) is 0.719. The number of carbonyl (C=O) groups is 2. The van der Waals surface area contributed by atoms with E-state index >= 15 is 0 Å². The van der Waals surface area contributed by atoms with E-state index in [0.717, 1.165) is 0 Å². The molecule has 0 aliphatic carbocycles. The molecule has 5 nitrogen and oxygen atoms in total. The second-order valence-corrected chi connectivity index (χ2v) is 6.61. The molecule has 0 bridgehead atoms. The van der Waals surface area contributed by atoms with Crippen molar-refractivity contribution in [3.05, 3.63) is 0 Å². The monoisotopic (exact) mass is 377 g/mol. The lowest BCUT2D eigenvalue weighted by Gasteiger charge is -2.43. The molecule has 0 radical (unpaired) electrons. The normalized spacial score (nSPS) is 18.9. The van der Waals surface area contributed by atoms with Gasteiger partial charge in [-0.15, -0.1) is 0 Å². The summed E-state index contributed by atoms with van der Waals surface area (Å²) >= 11 is 0. The second kappa shape index (κ2) is 7.79. The molecule has 2 amide bonds. The fourth-order valence-corrected chi connectivity index (χ4v) is 2.69. The van der Waals surface area contributed by atoms with Crippen LogP contribution in [0.3, 0.4) is 0 Å². The summed E-state index contributed by atoms with van der Waals surface area (Å²) in [5.41, 5.74) is -1.57. The summed E-state index contributed by atoms with van der Waals surface area (Å²) in [4.78, 5) is 24.2. The van der Waals surface area contributed by atoms with Crippen LogP contribution in [0.5, 0.6) is 0 Å². The van der Waals surface area contributed by atoms with Crippen LogP contribution < -0.4 is 10.6 Å². The predicted octanol–water partition coefficient (Wildman–Crippen LogP) is 1.83. The Morgan fingerprint density at radius 2 is 1.48 bits per heavy atom.